The molecule has 2 rings (SSSR count). The zero-order chi connectivity index (χ0) is 10.9. The summed E-state index contributed by atoms with van der Waals surface area (Å²) in [4.78, 5) is 11.4. The van der Waals surface area contributed by atoms with Gasteiger partial charge in [-0.3, -0.25) is 4.79 Å². The van der Waals surface area contributed by atoms with Crippen LogP contribution in [-0.4, -0.2) is 19.5 Å². The number of carbonyl (C=O) groups excluding carboxylic acids is 1. The van der Waals surface area contributed by atoms with Gasteiger partial charge in [-0.15, -0.1) is 0 Å². The zero-order valence-electron chi connectivity index (χ0n) is 9.13. The van der Waals surface area contributed by atoms with Gasteiger partial charge in [0.15, 0.2) is 0 Å². The van der Waals surface area contributed by atoms with Crippen LogP contribution in [0.25, 0.3) is 0 Å². The van der Waals surface area contributed by atoms with E-state index in [-0.39, 0.29) is 11.3 Å². The van der Waals surface area contributed by atoms with Crippen molar-refractivity contribution < 1.29 is 4.79 Å². The molecule has 3 heteroatoms. The molecule has 1 unspecified atom stereocenters. The zero-order valence-corrected chi connectivity index (χ0v) is 9.13. The number of amides is 1. The second-order valence-corrected chi connectivity index (χ2v) is 4.31. The lowest BCUT2D eigenvalue weighted by atomic mass is 9.81. The van der Waals surface area contributed by atoms with Crippen LogP contribution in [-0.2, 0) is 10.2 Å². The summed E-state index contributed by atoms with van der Waals surface area (Å²) in [6.07, 6.45) is 0.535. The smallest absolute Gasteiger partial charge is 0.220 e. The Balaban J connectivity index is 2.28. The highest BCUT2D eigenvalue weighted by Crippen LogP contribution is 2.38. The minimum atomic E-state index is -0.0727. The number of carbonyl (C=O) groups is 1. The van der Waals surface area contributed by atoms with Gasteiger partial charge in [-0.1, -0.05) is 25.1 Å². The largest absolute Gasteiger partial charge is 0.384 e. The van der Waals surface area contributed by atoms with Crippen molar-refractivity contribution in [3.63, 3.8) is 0 Å². The summed E-state index contributed by atoms with van der Waals surface area (Å²) in [5.41, 5.74) is 2.33. The van der Waals surface area contributed by atoms with Gasteiger partial charge in [-0.05, 0) is 11.6 Å². The van der Waals surface area contributed by atoms with E-state index < -0.39 is 0 Å². The third-order valence-electron chi connectivity index (χ3n) is 3.08. The van der Waals surface area contributed by atoms with E-state index in [4.69, 9.17) is 0 Å². The van der Waals surface area contributed by atoms with Gasteiger partial charge in [0, 0.05) is 31.1 Å². The second-order valence-electron chi connectivity index (χ2n) is 4.31. The van der Waals surface area contributed by atoms with Crippen LogP contribution in [0.1, 0.15) is 18.9 Å². The van der Waals surface area contributed by atoms with Gasteiger partial charge in [0.1, 0.15) is 0 Å². The van der Waals surface area contributed by atoms with Crippen LogP contribution >= 0.6 is 0 Å². The molecule has 0 saturated heterocycles. The van der Waals surface area contributed by atoms with E-state index >= 15 is 0 Å². The van der Waals surface area contributed by atoms with E-state index in [0.29, 0.717) is 6.42 Å². The Morgan fingerprint density at radius 2 is 2.27 bits per heavy atom. The van der Waals surface area contributed by atoms with Crippen molar-refractivity contribution in [2.24, 2.45) is 0 Å². The summed E-state index contributed by atoms with van der Waals surface area (Å²) in [6, 6.07) is 8.19. The normalized spacial score (nSPS) is 23.1. The van der Waals surface area contributed by atoms with E-state index in [1.54, 1.807) is 7.05 Å². The number of fused-ring (bicyclic) bond motifs is 1. The van der Waals surface area contributed by atoms with E-state index in [1.807, 2.05) is 12.1 Å². The number of benzene rings is 1. The molecule has 1 aliphatic heterocycles. The summed E-state index contributed by atoms with van der Waals surface area (Å²) in [5, 5.41) is 6.02. The number of rotatable bonds is 2. The third kappa shape index (κ3) is 1.69. The molecule has 1 amide bonds. The van der Waals surface area contributed by atoms with Gasteiger partial charge in [-0.2, -0.15) is 0 Å². The van der Waals surface area contributed by atoms with E-state index in [2.05, 4.69) is 29.7 Å². The summed E-state index contributed by atoms with van der Waals surface area (Å²) >= 11 is 0. The van der Waals surface area contributed by atoms with Gasteiger partial charge in [0.25, 0.3) is 0 Å². The maximum absolute atomic E-state index is 11.4. The average Bonchev–Trinajstić information content (AvgIpc) is 2.57. The Hall–Kier alpha value is -1.51. The Bertz CT molecular complexity index is 389. The van der Waals surface area contributed by atoms with Gasteiger partial charge < -0.3 is 10.6 Å². The van der Waals surface area contributed by atoms with Gasteiger partial charge in [0.2, 0.25) is 5.91 Å². The molecule has 1 aromatic rings. The monoisotopic (exact) mass is 204 g/mol. The molecule has 0 aromatic heterocycles. The molecule has 15 heavy (non-hydrogen) atoms. The highest BCUT2D eigenvalue weighted by Gasteiger charge is 2.35. The van der Waals surface area contributed by atoms with E-state index in [9.17, 15) is 4.79 Å². The van der Waals surface area contributed by atoms with Crippen LogP contribution in [0.3, 0.4) is 0 Å². The minimum Gasteiger partial charge on any atom is -0.384 e. The molecule has 0 spiro atoms. The van der Waals surface area contributed by atoms with E-state index in [0.717, 1.165) is 12.2 Å². The molecule has 3 nitrogen and oxygen atoms in total. The minimum absolute atomic E-state index is 0.0727. The SMILES string of the molecule is CNC(=O)CC1(C)CNc2ccccc21. The first kappa shape index (κ1) is 10.0. The molecule has 1 heterocycles. The molecule has 80 valence electrons. The molecule has 2 N–H and O–H groups in total. The highest BCUT2D eigenvalue weighted by atomic mass is 16.1. The number of anilines is 1. The topological polar surface area (TPSA) is 41.1 Å². The van der Waals surface area contributed by atoms with Crippen molar-refractivity contribution in [2.75, 3.05) is 18.9 Å². The lowest BCUT2D eigenvalue weighted by molar-refractivity contribution is -0.121. The predicted molar refractivity (Wildman–Crippen MR) is 61.0 cm³/mol. The maximum atomic E-state index is 11.4. The number of hydrogen-bond acceptors (Lipinski definition) is 2. The fourth-order valence-corrected chi connectivity index (χ4v) is 2.15. The lowest BCUT2D eigenvalue weighted by Crippen LogP contribution is -2.32. The number of para-hydroxylation sites is 1. The van der Waals surface area contributed by atoms with Crippen LogP contribution in [0.2, 0.25) is 0 Å². The molecule has 0 bridgehead atoms. The van der Waals surface area contributed by atoms with Crippen LogP contribution < -0.4 is 10.6 Å². The Kier molecular flexibility index (Phi) is 2.39. The van der Waals surface area contributed by atoms with Crippen molar-refractivity contribution in [1.29, 1.82) is 0 Å². The molecule has 1 atom stereocenters. The number of nitrogens with one attached hydrogen (secondary N) is 2. The van der Waals surface area contributed by atoms with Crippen molar-refractivity contribution in [1.82, 2.24) is 5.32 Å². The molecule has 0 saturated carbocycles. The number of hydrogen-bond donors (Lipinski definition) is 2. The second kappa shape index (κ2) is 3.57. The molecule has 1 aliphatic rings. The summed E-state index contributed by atoms with van der Waals surface area (Å²) in [7, 11) is 1.68. The molecule has 1 aromatic carbocycles. The maximum Gasteiger partial charge on any atom is 0.220 e. The van der Waals surface area contributed by atoms with Crippen molar-refractivity contribution in [2.45, 2.75) is 18.8 Å². The van der Waals surface area contributed by atoms with Crippen molar-refractivity contribution >= 4 is 11.6 Å². The summed E-state index contributed by atoms with van der Waals surface area (Å²) in [5.74, 6) is 0.0935. The Morgan fingerprint density at radius 1 is 1.53 bits per heavy atom. The third-order valence-corrected chi connectivity index (χ3v) is 3.08. The van der Waals surface area contributed by atoms with Gasteiger partial charge >= 0.3 is 0 Å². The van der Waals surface area contributed by atoms with E-state index in [1.165, 1.54) is 5.56 Å². The van der Waals surface area contributed by atoms with Gasteiger partial charge in [-0.25, -0.2) is 0 Å². The quantitative estimate of drug-likeness (QED) is 0.766. The first-order valence-corrected chi connectivity index (χ1v) is 5.20. The van der Waals surface area contributed by atoms with Crippen LogP contribution in [0, 0.1) is 0 Å². The average molecular weight is 204 g/mol. The Morgan fingerprint density at radius 3 is 3.00 bits per heavy atom. The van der Waals surface area contributed by atoms with Crippen molar-refractivity contribution in [3.8, 4) is 0 Å². The van der Waals surface area contributed by atoms with Crippen molar-refractivity contribution in [3.05, 3.63) is 29.8 Å². The highest BCUT2D eigenvalue weighted by molar-refractivity contribution is 5.78. The standard InChI is InChI=1S/C12H16N2O/c1-12(7-11(15)13-2)8-14-10-6-4-3-5-9(10)12/h3-6,14H,7-8H2,1-2H3,(H,13,15). The Labute approximate surface area is 89.9 Å². The van der Waals surface area contributed by atoms with Gasteiger partial charge in [0.05, 0.1) is 0 Å². The lowest BCUT2D eigenvalue weighted by Gasteiger charge is -2.22. The molecule has 0 radical (unpaired) electrons. The van der Waals surface area contributed by atoms with Crippen LogP contribution in [0.15, 0.2) is 24.3 Å². The molecular weight excluding hydrogens is 188 g/mol. The summed E-state index contributed by atoms with van der Waals surface area (Å²) < 4.78 is 0. The van der Waals surface area contributed by atoms with Crippen LogP contribution in [0.5, 0.6) is 0 Å². The van der Waals surface area contributed by atoms with Crippen LogP contribution in [0.4, 0.5) is 5.69 Å². The molecule has 0 fully saturated rings. The molecule has 0 aliphatic carbocycles. The first-order chi connectivity index (χ1) is 7.15. The first-order valence-electron chi connectivity index (χ1n) is 5.20. The molecular formula is C12H16N2O. The summed E-state index contributed by atoms with van der Waals surface area (Å²) in [6.45, 7) is 2.96. The fourth-order valence-electron chi connectivity index (χ4n) is 2.15. The fraction of sp³-hybridized carbons (Fsp3) is 0.417. The predicted octanol–water partition coefficient (Wildman–Crippen LogP) is 1.51.